The molecule has 4 aromatic rings. The van der Waals surface area contributed by atoms with E-state index < -0.39 is 10.0 Å². The lowest BCUT2D eigenvalue weighted by Gasteiger charge is -2.08. The van der Waals surface area contributed by atoms with Crippen LogP contribution in [0.15, 0.2) is 65.7 Å². The summed E-state index contributed by atoms with van der Waals surface area (Å²) in [5.74, 6) is 0.742. The Labute approximate surface area is 174 Å². The number of hydrogen-bond donors (Lipinski definition) is 2. The summed E-state index contributed by atoms with van der Waals surface area (Å²) in [7, 11) is -1.83. The zero-order chi connectivity index (χ0) is 20.7. The third-order valence-electron chi connectivity index (χ3n) is 5.18. The number of benzene rings is 2. The van der Waals surface area contributed by atoms with Crippen LogP contribution in [0.3, 0.4) is 0 Å². The van der Waals surface area contributed by atoms with E-state index in [0.29, 0.717) is 5.65 Å². The first-order valence-electron chi connectivity index (χ1n) is 9.65. The normalized spacial score (nSPS) is 14.2. The molecule has 0 bridgehead atoms. The van der Waals surface area contributed by atoms with Crippen LogP contribution in [0.25, 0.3) is 33.4 Å². The molecular formula is C22H20N4O3S. The van der Waals surface area contributed by atoms with Gasteiger partial charge in [-0.05, 0) is 48.7 Å². The van der Waals surface area contributed by atoms with E-state index in [9.17, 15) is 8.42 Å². The van der Waals surface area contributed by atoms with Crippen LogP contribution >= 0.6 is 0 Å². The van der Waals surface area contributed by atoms with Crippen molar-refractivity contribution < 1.29 is 13.2 Å². The molecule has 1 fully saturated rings. The molecule has 0 saturated heterocycles. The van der Waals surface area contributed by atoms with Crippen molar-refractivity contribution in [1.82, 2.24) is 19.9 Å². The Hall–Kier alpha value is -3.23. The molecule has 0 atom stereocenters. The maximum atomic E-state index is 12.4. The lowest BCUT2D eigenvalue weighted by Crippen LogP contribution is -2.25. The minimum absolute atomic E-state index is 0.0794. The van der Waals surface area contributed by atoms with Gasteiger partial charge in [0.25, 0.3) is 0 Å². The van der Waals surface area contributed by atoms with E-state index in [4.69, 9.17) is 4.74 Å². The summed E-state index contributed by atoms with van der Waals surface area (Å²) in [6, 6.07) is 16.6. The number of nitrogens with one attached hydrogen (secondary N) is 2. The van der Waals surface area contributed by atoms with Crippen molar-refractivity contribution in [3.8, 4) is 28.1 Å². The van der Waals surface area contributed by atoms with Gasteiger partial charge < -0.3 is 4.74 Å². The van der Waals surface area contributed by atoms with E-state index in [0.717, 1.165) is 46.4 Å². The fourth-order valence-electron chi connectivity index (χ4n) is 3.43. The van der Waals surface area contributed by atoms with Crippen molar-refractivity contribution in [2.75, 3.05) is 7.11 Å². The molecule has 30 heavy (non-hydrogen) atoms. The number of hydrogen-bond acceptors (Lipinski definition) is 5. The fraction of sp³-hybridized carbons (Fsp3) is 0.182. The largest absolute Gasteiger partial charge is 0.496 e. The smallest absolute Gasteiger partial charge is 0.240 e. The van der Waals surface area contributed by atoms with E-state index in [1.165, 1.54) is 0 Å². The molecule has 5 rings (SSSR count). The monoisotopic (exact) mass is 420 g/mol. The molecule has 1 aliphatic rings. The van der Waals surface area contributed by atoms with E-state index >= 15 is 0 Å². The number of methoxy groups -OCH3 is 1. The maximum absolute atomic E-state index is 12.4. The second-order valence-electron chi connectivity index (χ2n) is 7.31. The van der Waals surface area contributed by atoms with Gasteiger partial charge in [-0.2, -0.15) is 5.10 Å². The second kappa shape index (κ2) is 7.23. The molecule has 152 valence electrons. The summed E-state index contributed by atoms with van der Waals surface area (Å²) in [6.07, 6.45) is 3.55. The number of ether oxygens (including phenoxy) is 1. The molecule has 0 radical (unpaired) electrons. The first-order chi connectivity index (χ1) is 14.5. The summed E-state index contributed by atoms with van der Waals surface area (Å²) < 4.78 is 32.9. The summed E-state index contributed by atoms with van der Waals surface area (Å²) >= 11 is 0. The quantitative estimate of drug-likeness (QED) is 0.495. The number of sulfonamides is 1. The summed E-state index contributed by atoms with van der Waals surface area (Å²) in [6.45, 7) is 0. The highest BCUT2D eigenvalue weighted by molar-refractivity contribution is 7.89. The first kappa shape index (κ1) is 18.8. The van der Waals surface area contributed by atoms with Crippen molar-refractivity contribution >= 4 is 21.1 Å². The van der Waals surface area contributed by atoms with E-state index in [1.807, 2.05) is 30.3 Å². The molecule has 2 heterocycles. The summed E-state index contributed by atoms with van der Waals surface area (Å²) in [5.41, 5.74) is 4.08. The highest BCUT2D eigenvalue weighted by Crippen LogP contribution is 2.34. The summed E-state index contributed by atoms with van der Waals surface area (Å²) in [5, 5.41) is 8.23. The van der Waals surface area contributed by atoms with Crippen molar-refractivity contribution in [1.29, 1.82) is 0 Å². The predicted octanol–water partition coefficient (Wildman–Crippen LogP) is 3.74. The Morgan fingerprint density at radius 1 is 1.07 bits per heavy atom. The number of para-hydroxylation sites is 1. The minimum Gasteiger partial charge on any atom is -0.496 e. The molecule has 8 heteroatoms. The van der Waals surface area contributed by atoms with E-state index in [-0.39, 0.29) is 10.9 Å². The van der Waals surface area contributed by atoms with Gasteiger partial charge in [0.1, 0.15) is 5.75 Å². The SMILES string of the molecule is COc1ccccc1-c1[nH]nc2ncc(-c3ccc(S(=O)(=O)NC4CC4)cc3)cc12. The minimum atomic E-state index is -3.47. The number of pyridine rings is 1. The van der Waals surface area contributed by atoms with Crippen molar-refractivity contribution in [3.63, 3.8) is 0 Å². The Morgan fingerprint density at radius 3 is 2.57 bits per heavy atom. The number of H-pyrrole nitrogens is 1. The molecule has 0 aliphatic heterocycles. The molecule has 0 amide bonds. The Bertz CT molecular complexity index is 1330. The van der Waals surface area contributed by atoms with E-state index in [2.05, 4.69) is 19.9 Å². The summed E-state index contributed by atoms with van der Waals surface area (Å²) in [4.78, 5) is 4.73. The van der Waals surface area contributed by atoms with Gasteiger partial charge in [-0.15, -0.1) is 0 Å². The molecular weight excluding hydrogens is 400 g/mol. The molecule has 2 N–H and O–H groups in total. The average molecular weight is 420 g/mol. The maximum Gasteiger partial charge on any atom is 0.240 e. The average Bonchev–Trinajstić information content (AvgIpc) is 3.48. The zero-order valence-electron chi connectivity index (χ0n) is 16.3. The van der Waals surface area contributed by atoms with Gasteiger partial charge in [0.05, 0.1) is 17.7 Å². The molecule has 2 aromatic heterocycles. The third kappa shape index (κ3) is 3.44. The van der Waals surface area contributed by atoms with Crippen LogP contribution in [-0.4, -0.2) is 36.8 Å². The molecule has 1 saturated carbocycles. The van der Waals surface area contributed by atoms with Gasteiger partial charge in [0, 0.05) is 28.8 Å². The van der Waals surface area contributed by atoms with Crippen LogP contribution in [0.2, 0.25) is 0 Å². The van der Waals surface area contributed by atoms with Crippen LogP contribution in [0.1, 0.15) is 12.8 Å². The first-order valence-corrected chi connectivity index (χ1v) is 11.1. The lowest BCUT2D eigenvalue weighted by atomic mass is 10.0. The van der Waals surface area contributed by atoms with Gasteiger partial charge in [0.2, 0.25) is 10.0 Å². The van der Waals surface area contributed by atoms with Gasteiger partial charge in [-0.25, -0.2) is 18.1 Å². The number of aromatic nitrogens is 3. The highest BCUT2D eigenvalue weighted by atomic mass is 32.2. The number of aromatic amines is 1. The standard InChI is InChI=1S/C22H20N4O3S/c1-29-20-5-3-2-4-18(20)21-19-12-15(13-23-22(19)25-24-21)14-6-10-17(11-7-14)30(27,28)26-16-8-9-16/h2-7,10-13,16,26H,8-9H2,1H3,(H,23,24,25). The Kier molecular flexibility index (Phi) is 4.52. The second-order valence-corrected chi connectivity index (χ2v) is 9.03. The van der Waals surface area contributed by atoms with Crippen molar-refractivity contribution in [2.45, 2.75) is 23.8 Å². The van der Waals surface area contributed by atoms with Gasteiger partial charge in [-0.1, -0.05) is 24.3 Å². The van der Waals surface area contributed by atoms with Crippen LogP contribution < -0.4 is 9.46 Å². The third-order valence-corrected chi connectivity index (χ3v) is 6.72. The van der Waals surface area contributed by atoms with Crippen LogP contribution in [-0.2, 0) is 10.0 Å². The Morgan fingerprint density at radius 2 is 1.83 bits per heavy atom. The molecule has 7 nitrogen and oxygen atoms in total. The van der Waals surface area contributed by atoms with Gasteiger partial charge in [0.15, 0.2) is 5.65 Å². The highest BCUT2D eigenvalue weighted by Gasteiger charge is 2.27. The van der Waals surface area contributed by atoms with Crippen LogP contribution in [0.5, 0.6) is 5.75 Å². The van der Waals surface area contributed by atoms with Crippen molar-refractivity contribution in [3.05, 3.63) is 60.8 Å². The number of rotatable bonds is 6. The fourth-order valence-corrected chi connectivity index (χ4v) is 4.73. The molecule has 0 spiro atoms. The zero-order valence-corrected chi connectivity index (χ0v) is 17.1. The predicted molar refractivity (Wildman–Crippen MR) is 115 cm³/mol. The number of fused-ring (bicyclic) bond motifs is 1. The van der Waals surface area contributed by atoms with Gasteiger partial charge >= 0.3 is 0 Å². The Balaban J connectivity index is 1.52. The number of nitrogens with zero attached hydrogens (tertiary/aromatic N) is 2. The van der Waals surface area contributed by atoms with Crippen LogP contribution in [0, 0.1) is 0 Å². The molecule has 1 aliphatic carbocycles. The topological polar surface area (TPSA) is 97.0 Å². The lowest BCUT2D eigenvalue weighted by molar-refractivity contribution is 0.416. The van der Waals surface area contributed by atoms with Gasteiger partial charge in [-0.3, -0.25) is 5.10 Å². The van der Waals surface area contributed by atoms with E-state index in [1.54, 1.807) is 37.6 Å². The molecule has 0 unspecified atom stereocenters. The molecule has 2 aromatic carbocycles. The van der Waals surface area contributed by atoms with Crippen LogP contribution in [0.4, 0.5) is 0 Å². The van der Waals surface area contributed by atoms with Crippen molar-refractivity contribution in [2.24, 2.45) is 0 Å².